The number of hydrogen-bond donors (Lipinski definition) is 2. The molecule has 0 bridgehead atoms. The molecule has 1 saturated heterocycles. The second-order valence-electron chi connectivity index (χ2n) is 8.48. The Morgan fingerprint density at radius 2 is 1.77 bits per heavy atom. The molecular weight excluding hydrogens is 520 g/mol. The highest BCUT2D eigenvalue weighted by Crippen LogP contribution is 2.31. The lowest BCUT2D eigenvalue weighted by atomic mass is 10.1. The molecule has 206 valence electrons. The van der Waals surface area contributed by atoms with Crippen LogP contribution in [0.25, 0.3) is 6.08 Å². The standard InChI is InChI=1S/C28H26N4O8/c1-3-39-25-15-19(10-13-24(25)40-17-18-8-11-20(12-9-18)32(36)37)14-22-27(34)31(28(35)30-22)16-26(33)29-21-6-4-5-7-23(21)38-2/h4-15H,3,16-17H2,1-2H3,(H,29,33)(H,30,35)/b22-14+. The van der Waals surface area contributed by atoms with Crippen molar-refractivity contribution < 1.29 is 33.5 Å². The first-order valence-corrected chi connectivity index (χ1v) is 12.2. The van der Waals surface area contributed by atoms with Gasteiger partial charge in [0.05, 0.1) is 24.3 Å². The van der Waals surface area contributed by atoms with Gasteiger partial charge in [0, 0.05) is 12.1 Å². The van der Waals surface area contributed by atoms with Gasteiger partial charge in [-0.1, -0.05) is 18.2 Å². The van der Waals surface area contributed by atoms with Crippen molar-refractivity contribution in [1.29, 1.82) is 0 Å². The molecular formula is C28H26N4O8. The molecule has 1 heterocycles. The van der Waals surface area contributed by atoms with Gasteiger partial charge in [-0.15, -0.1) is 0 Å². The highest BCUT2D eigenvalue weighted by atomic mass is 16.6. The van der Waals surface area contributed by atoms with Gasteiger partial charge in [0.1, 0.15) is 24.6 Å². The van der Waals surface area contributed by atoms with E-state index in [-0.39, 0.29) is 18.0 Å². The number of carbonyl (C=O) groups is 3. The molecule has 1 aliphatic rings. The predicted molar refractivity (Wildman–Crippen MR) is 145 cm³/mol. The normalized spacial score (nSPS) is 13.7. The lowest BCUT2D eigenvalue weighted by Crippen LogP contribution is -2.38. The number of nitrogens with zero attached hydrogens (tertiary/aromatic N) is 2. The first kappa shape index (κ1) is 27.6. The fourth-order valence-corrected chi connectivity index (χ4v) is 3.84. The molecule has 4 rings (SSSR count). The van der Waals surface area contributed by atoms with E-state index < -0.39 is 29.3 Å². The number of urea groups is 1. The van der Waals surface area contributed by atoms with Crippen LogP contribution >= 0.6 is 0 Å². The monoisotopic (exact) mass is 546 g/mol. The van der Waals surface area contributed by atoms with E-state index in [0.29, 0.717) is 35.1 Å². The molecule has 0 spiro atoms. The third-order valence-electron chi connectivity index (χ3n) is 5.77. The van der Waals surface area contributed by atoms with E-state index in [4.69, 9.17) is 14.2 Å². The number of anilines is 1. The zero-order valence-corrected chi connectivity index (χ0v) is 21.7. The molecule has 3 aromatic carbocycles. The van der Waals surface area contributed by atoms with Crippen LogP contribution < -0.4 is 24.8 Å². The molecule has 40 heavy (non-hydrogen) atoms. The summed E-state index contributed by atoms with van der Waals surface area (Å²) in [5.41, 5.74) is 1.68. The van der Waals surface area contributed by atoms with Crippen LogP contribution in [0.15, 0.2) is 72.4 Å². The Morgan fingerprint density at radius 3 is 2.48 bits per heavy atom. The van der Waals surface area contributed by atoms with Gasteiger partial charge in [0.2, 0.25) is 5.91 Å². The van der Waals surface area contributed by atoms with Gasteiger partial charge < -0.3 is 24.8 Å². The first-order valence-electron chi connectivity index (χ1n) is 12.2. The Morgan fingerprint density at radius 1 is 1.02 bits per heavy atom. The summed E-state index contributed by atoms with van der Waals surface area (Å²) in [6, 6.07) is 17.0. The minimum Gasteiger partial charge on any atom is -0.495 e. The van der Waals surface area contributed by atoms with Crippen LogP contribution in [0, 0.1) is 10.1 Å². The molecule has 1 fully saturated rings. The van der Waals surface area contributed by atoms with Gasteiger partial charge in [-0.2, -0.15) is 0 Å². The maximum atomic E-state index is 12.9. The highest BCUT2D eigenvalue weighted by Gasteiger charge is 2.35. The van der Waals surface area contributed by atoms with Crippen LogP contribution in [0.3, 0.4) is 0 Å². The average Bonchev–Trinajstić information content (AvgIpc) is 3.20. The number of amides is 4. The van der Waals surface area contributed by atoms with Crippen molar-refractivity contribution in [1.82, 2.24) is 10.2 Å². The molecule has 0 saturated carbocycles. The van der Waals surface area contributed by atoms with Crippen LogP contribution in [0.4, 0.5) is 16.2 Å². The smallest absolute Gasteiger partial charge is 0.329 e. The summed E-state index contributed by atoms with van der Waals surface area (Å²) in [7, 11) is 1.47. The van der Waals surface area contributed by atoms with Gasteiger partial charge >= 0.3 is 6.03 Å². The zero-order chi connectivity index (χ0) is 28.6. The topological polar surface area (TPSA) is 149 Å². The van der Waals surface area contributed by atoms with Crippen molar-refractivity contribution in [2.45, 2.75) is 13.5 Å². The van der Waals surface area contributed by atoms with Crippen molar-refractivity contribution >= 4 is 35.3 Å². The summed E-state index contributed by atoms with van der Waals surface area (Å²) in [5.74, 6) is 0.0558. The number of methoxy groups -OCH3 is 1. The van der Waals surface area contributed by atoms with Crippen LogP contribution in [0.5, 0.6) is 17.2 Å². The van der Waals surface area contributed by atoms with Crippen LogP contribution in [-0.2, 0) is 16.2 Å². The van der Waals surface area contributed by atoms with Gasteiger partial charge in [-0.3, -0.25) is 19.7 Å². The fraction of sp³-hybridized carbons (Fsp3) is 0.179. The van der Waals surface area contributed by atoms with E-state index >= 15 is 0 Å². The number of para-hydroxylation sites is 2. The van der Waals surface area contributed by atoms with Crippen LogP contribution in [-0.4, -0.2) is 47.9 Å². The molecule has 0 atom stereocenters. The fourth-order valence-electron chi connectivity index (χ4n) is 3.84. The van der Waals surface area contributed by atoms with E-state index in [1.807, 2.05) is 0 Å². The summed E-state index contributed by atoms with van der Waals surface area (Å²) in [4.78, 5) is 49.1. The Bertz CT molecular complexity index is 1470. The summed E-state index contributed by atoms with van der Waals surface area (Å²) in [5, 5.41) is 16.0. The number of nitro groups is 1. The summed E-state index contributed by atoms with van der Waals surface area (Å²) >= 11 is 0. The number of benzene rings is 3. The lowest BCUT2D eigenvalue weighted by molar-refractivity contribution is -0.384. The van der Waals surface area contributed by atoms with Gasteiger partial charge in [0.25, 0.3) is 11.6 Å². The second kappa shape index (κ2) is 12.4. The first-order chi connectivity index (χ1) is 19.3. The molecule has 3 aromatic rings. The number of nitrogens with one attached hydrogen (secondary N) is 2. The molecule has 0 radical (unpaired) electrons. The molecule has 1 aliphatic heterocycles. The molecule has 4 amide bonds. The molecule has 0 unspecified atom stereocenters. The van der Waals surface area contributed by atoms with Crippen LogP contribution in [0.2, 0.25) is 0 Å². The minimum absolute atomic E-state index is 0.00270. The number of imide groups is 1. The van der Waals surface area contributed by atoms with Gasteiger partial charge in [-0.05, 0) is 60.5 Å². The predicted octanol–water partition coefficient (Wildman–Crippen LogP) is 4.11. The van der Waals surface area contributed by atoms with Crippen molar-refractivity contribution in [3.63, 3.8) is 0 Å². The third kappa shape index (κ3) is 6.54. The van der Waals surface area contributed by atoms with Crippen LogP contribution in [0.1, 0.15) is 18.1 Å². The van der Waals surface area contributed by atoms with Crippen molar-refractivity contribution in [3.05, 3.63) is 93.7 Å². The number of hydrogen-bond acceptors (Lipinski definition) is 8. The Kier molecular flexibility index (Phi) is 8.59. The number of rotatable bonds is 11. The summed E-state index contributed by atoms with van der Waals surface area (Å²) in [6.45, 7) is 1.82. The van der Waals surface area contributed by atoms with E-state index in [1.54, 1.807) is 61.5 Å². The van der Waals surface area contributed by atoms with Crippen molar-refractivity contribution in [2.24, 2.45) is 0 Å². The molecule has 12 nitrogen and oxygen atoms in total. The number of ether oxygens (including phenoxy) is 3. The van der Waals surface area contributed by atoms with Crippen molar-refractivity contribution in [3.8, 4) is 17.2 Å². The van der Waals surface area contributed by atoms with Gasteiger partial charge in [0.15, 0.2) is 11.5 Å². The lowest BCUT2D eigenvalue weighted by Gasteiger charge is -2.13. The molecule has 0 aromatic heterocycles. The van der Waals surface area contributed by atoms with E-state index in [0.717, 1.165) is 10.5 Å². The molecule has 0 aliphatic carbocycles. The SMILES string of the molecule is CCOc1cc(/C=C2/NC(=O)N(CC(=O)Nc3ccccc3OC)C2=O)ccc1OCc1ccc([N+](=O)[O-])cc1. The third-order valence-corrected chi connectivity index (χ3v) is 5.77. The Labute approximate surface area is 229 Å². The van der Waals surface area contributed by atoms with E-state index in [1.165, 1.54) is 25.3 Å². The minimum atomic E-state index is -0.723. The van der Waals surface area contributed by atoms with E-state index in [2.05, 4.69) is 10.6 Å². The molecule has 2 N–H and O–H groups in total. The van der Waals surface area contributed by atoms with Gasteiger partial charge in [-0.25, -0.2) is 9.69 Å². The van der Waals surface area contributed by atoms with Crippen molar-refractivity contribution in [2.75, 3.05) is 25.6 Å². The summed E-state index contributed by atoms with van der Waals surface area (Å²) < 4.78 is 16.7. The maximum Gasteiger partial charge on any atom is 0.329 e. The maximum absolute atomic E-state index is 12.9. The largest absolute Gasteiger partial charge is 0.495 e. The quantitative estimate of drug-likeness (QED) is 0.158. The molecule has 12 heteroatoms. The highest BCUT2D eigenvalue weighted by molar-refractivity contribution is 6.16. The Hall–Kier alpha value is -5.39. The zero-order valence-electron chi connectivity index (χ0n) is 21.7. The number of non-ortho nitro benzene ring substituents is 1. The average molecular weight is 547 g/mol. The second-order valence-corrected chi connectivity index (χ2v) is 8.48. The Balaban J connectivity index is 1.44. The van der Waals surface area contributed by atoms with E-state index in [9.17, 15) is 24.5 Å². The number of carbonyl (C=O) groups excluding carboxylic acids is 3. The number of nitro benzene ring substituents is 1. The summed E-state index contributed by atoms with van der Waals surface area (Å²) in [6.07, 6.45) is 1.47.